The molecule has 10 nitrogen and oxygen atoms in total. The molecule has 0 saturated carbocycles. The number of carboxylic acid groups (broad SMARTS) is 1. The number of carboxylic acids is 1. The highest BCUT2D eigenvalue weighted by Gasteiger charge is 2.38. The molecule has 1 aliphatic heterocycles. The number of amides is 1. The number of fused-ring (bicyclic) bond motifs is 4. The van der Waals surface area contributed by atoms with Crippen LogP contribution < -0.4 is 9.64 Å². The normalized spacial score (nSPS) is 14.6. The number of ether oxygens (including phenoxy) is 1. The van der Waals surface area contributed by atoms with Crippen molar-refractivity contribution in [1.82, 2.24) is 23.9 Å². The standard InChI is InChI=1S/C38H38Cl2N6O4/c1-19-13-25(14-20(2)33(19)40)50-12-8-9-26-27-10-11-29(39)32(31-22(4)42-44(7)23(31)5)34(27)46-21(3)17-45(37(47)35(26)46)30-18-43(6)36-28(30)15-24(16-41-36)38(48)49/h10-11,13-16,18,21H,8-9,12,17H2,1-7H3,(H,48,49)/t21-/m1/s1. The summed E-state index contributed by atoms with van der Waals surface area (Å²) in [6.45, 7) is 10.8. The first kappa shape index (κ1) is 33.7. The number of halogens is 2. The Balaban J connectivity index is 1.38. The summed E-state index contributed by atoms with van der Waals surface area (Å²) in [6, 6.07) is 9.24. The van der Waals surface area contributed by atoms with Crippen molar-refractivity contribution in [2.45, 2.75) is 53.5 Å². The molecule has 0 spiro atoms. The van der Waals surface area contributed by atoms with Gasteiger partial charge >= 0.3 is 5.97 Å². The third-order valence-corrected chi connectivity index (χ3v) is 10.8. The molecule has 12 heteroatoms. The first-order valence-electron chi connectivity index (χ1n) is 16.5. The van der Waals surface area contributed by atoms with Gasteiger partial charge in [-0.1, -0.05) is 29.3 Å². The lowest BCUT2D eigenvalue weighted by molar-refractivity contribution is 0.0696. The molecule has 4 aromatic heterocycles. The van der Waals surface area contributed by atoms with E-state index in [-0.39, 0.29) is 17.5 Å². The number of carbonyl (C=O) groups is 2. The van der Waals surface area contributed by atoms with Gasteiger partial charge in [0.05, 0.1) is 34.1 Å². The number of hydrogen-bond acceptors (Lipinski definition) is 5. The van der Waals surface area contributed by atoms with Gasteiger partial charge in [-0.05, 0) is 88.4 Å². The molecular formula is C38H38Cl2N6O4. The van der Waals surface area contributed by atoms with Crippen molar-refractivity contribution >= 4 is 62.7 Å². The van der Waals surface area contributed by atoms with Crippen LogP contribution >= 0.6 is 23.2 Å². The predicted octanol–water partition coefficient (Wildman–Crippen LogP) is 8.40. The number of aromatic carboxylic acids is 1. The molecule has 0 radical (unpaired) electrons. The lowest BCUT2D eigenvalue weighted by Gasteiger charge is -2.34. The third kappa shape index (κ3) is 5.32. The molecule has 0 bridgehead atoms. The molecule has 1 N–H and O–H groups in total. The van der Waals surface area contributed by atoms with Crippen LogP contribution in [0.1, 0.15) is 68.3 Å². The highest BCUT2D eigenvalue weighted by molar-refractivity contribution is 6.35. The molecule has 6 aromatic rings. The van der Waals surface area contributed by atoms with Crippen LogP contribution in [0.4, 0.5) is 5.69 Å². The molecule has 50 heavy (non-hydrogen) atoms. The average molecular weight is 714 g/mol. The van der Waals surface area contributed by atoms with Crippen LogP contribution in [0.5, 0.6) is 5.75 Å². The molecule has 2 aromatic carbocycles. The molecule has 258 valence electrons. The fourth-order valence-electron chi connectivity index (χ4n) is 7.51. The minimum atomic E-state index is -1.08. The maximum atomic E-state index is 14.9. The van der Waals surface area contributed by atoms with Gasteiger partial charge in [0.2, 0.25) is 0 Å². The Morgan fingerprint density at radius 3 is 2.42 bits per heavy atom. The number of nitrogens with zero attached hydrogens (tertiary/aromatic N) is 6. The highest BCUT2D eigenvalue weighted by atomic mass is 35.5. The Morgan fingerprint density at radius 2 is 1.76 bits per heavy atom. The van der Waals surface area contributed by atoms with Gasteiger partial charge in [-0.25, -0.2) is 9.78 Å². The van der Waals surface area contributed by atoms with Gasteiger partial charge in [-0.3, -0.25) is 9.48 Å². The lowest BCUT2D eigenvalue weighted by atomic mass is 9.98. The van der Waals surface area contributed by atoms with E-state index in [1.165, 1.54) is 6.20 Å². The number of rotatable bonds is 8. The first-order valence-corrected chi connectivity index (χ1v) is 17.3. The smallest absolute Gasteiger partial charge is 0.337 e. The van der Waals surface area contributed by atoms with E-state index in [1.807, 2.05) is 81.5 Å². The van der Waals surface area contributed by atoms with Crippen LogP contribution in [0, 0.1) is 27.7 Å². The number of hydrogen-bond donors (Lipinski definition) is 1. The second kappa shape index (κ2) is 12.5. The van der Waals surface area contributed by atoms with E-state index in [1.54, 1.807) is 11.0 Å². The summed E-state index contributed by atoms with van der Waals surface area (Å²) < 4.78 is 12.0. The second-order valence-electron chi connectivity index (χ2n) is 13.3. The van der Waals surface area contributed by atoms with Gasteiger partial charge in [0.1, 0.15) is 17.1 Å². The van der Waals surface area contributed by atoms with Gasteiger partial charge in [0, 0.05) is 71.7 Å². The van der Waals surface area contributed by atoms with Crippen LogP contribution in [0.15, 0.2) is 42.7 Å². The Kier molecular flexibility index (Phi) is 8.43. The molecule has 1 atom stereocenters. The molecule has 0 saturated heterocycles. The van der Waals surface area contributed by atoms with Crippen molar-refractivity contribution in [3.05, 3.63) is 92.1 Å². The average Bonchev–Trinajstić information content (AvgIpc) is 3.67. The van der Waals surface area contributed by atoms with Crippen molar-refractivity contribution in [2.24, 2.45) is 14.1 Å². The van der Waals surface area contributed by atoms with Gasteiger partial charge in [-0.15, -0.1) is 0 Å². The van der Waals surface area contributed by atoms with Crippen molar-refractivity contribution in [3.63, 3.8) is 0 Å². The minimum absolute atomic E-state index is 0.0600. The monoisotopic (exact) mass is 712 g/mol. The number of benzene rings is 2. The van der Waals surface area contributed by atoms with Crippen LogP contribution in [0.3, 0.4) is 0 Å². The SMILES string of the molecule is Cc1cc(OCCCc2c3n(c4c(-c5c(C)nn(C)c5C)c(Cl)ccc24)[C@H](C)CN(c2cn(C)c4ncc(C(=O)O)cc24)C3=O)cc(C)c1Cl. The van der Waals surface area contributed by atoms with E-state index in [0.717, 1.165) is 60.9 Å². The van der Waals surface area contributed by atoms with Crippen LogP contribution in [0.25, 0.3) is 33.1 Å². The Morgan fingerprint density at radius 1 is 1.04 bits per heavy atom. The second-order valence-corrected chi connectivity index (χ2v) is 14.1. The van der Waals surface area contributed by atoms with E-state index in [0.29, 0.717) is 53.4 Å². The fourth-order valence-corrected chi connectivity index (χ4v) is 7.87. The molecule has 0 unspecified atom stereocenters. The summed E-state index contributed by atoms with van der Waals surface area (Å²) >= 11 is 13.4. The Hall–Kier alpha value is -4.80. The van der Waals surface area contributed by atoms with E-state index in [9.17, 15) is 14.7 Å². The fraction of sp³-hybridized carbons (Fsp3) is 0.316. The largest absolute Gasteiger partial charge is 0.494 e. The molecular weight excluding hydrogens is 675 g/mol. The quantitative estimate of drug-likeness (QED) is 0.159. The minimum Gasteiger partial charge on any atom is -0.494 e. The van der Waals surface area contributed by atoms with Crippen LogP contribution in [-0.2, 0) is 20.5 Å². The summed E-state index contributed by atoms with van der Waals surface area (Å²) in [5.41, 5.74) is 9.23. The van der Waals surface area contributed by atoms with Crippen molar-refractivity contribution in [2.75, 3.05) is 18.1 Å². The third-order valence-electron chi connectivity index (χ3n) is 9.89. The lowest BCUT2D eigenvalue weighted by Crippen LogP contribution is -2.42. The van der Waals surface area contributed by atoms with E-state index >= 15 is 0 Å². The maximum absolute atomic E-state index is 14.9. The summed E-state index contributed by atoms with van der Waals surface area (Å²) in [4.78, 5) is 33.0. The zero-order valence-electron chi connectivity index (χ0n) is 29.1. The molecule has 0 fully saturated rings. The predicted molar refractivity (Wildman–Crippen MR) is 197 cm³/mol. The zero-order chi connectivity index (χ0) is 35.8. The number of carbonyl (C=O) groups excluding carboxylic acids is 1. The summed E-state index contributed by atoms with van der Waals surface area (Å²) in [6.07, 6.45) is 4.41. The van der Waals surface area contributed by atoms with Gasteiger partial charge in [0.15, 0.2) is 0 Å². The number of aromatic nitrogens is 5. The van der Waals surface area contributed by atoms with Gasteiger partial charge in [-0.2, -0.15) is 5.10 Å². The number of anilines is 1. The summed E-state index contributed by atoms with van der Waals surface area (Å²) in [7, 11) is 3.76. The molecule has 1 aliphatic rings. The topological polar surface area (TPSA) is 107 Å². The molecule has 1 amide bonds. The molecule has 7 rings (SSSR count). The Bertz CT molecular complexity index is 2360. The van der Waals surface area contributed by atoms with E-state index in [4.69, 9.17) is 33.0 Å². The van der Waals surface area contributed by atoms with Crippen molar-refractivity contribution < 1.29 is 19.4 Å². The Labute approximate surface area is 299 Å². The summed E-state index contributed by atoms with van der Waals surface area (Å²) in [5, 5.41) is 17.3. The maximum Gasteiger partial charge on any atom is 0.337 e. The van der Waals surface area contributed by atoms with Crippen molar-refractivity contribution in [1.29, 1.82) is 0 Å². The van der Waals surface area contributed by atoms with E-state index in [2.05, 4.69) is 16.5 Å². The van der Waals surface area contributed by atoms with Crippen LogP contribution in [0.2, 0.25) is 10.0 Å². The number of pyridine rings is 1. The highest BCUT2D eigenvalue weighted by Crippen LogP contribution is 2.45. The first-order chi connectivity index (χ1) is 23.8. The molecule has 0 aliphatic carbocycles. The number of aryl methyl sites for hydroxylation is 6. The zero-order valence-corrected chi connectivity index (χ0v) is 30.6. The molecule has 5 heterocycles. The van der Waals surface area contributed by atoms with Gasteiger partial charge in [0.25, 0.3) is 5.91 Å². The van der Waals surface area contributed by atoms with E-state index < -0.39 is 5.97 Å². The van der Waals surface area contributed by atoms with Crippen LogP contribution in [-0.4, -0.2) is 54.0 Å². The van der Waals surface area contributed by atoms with Crippen molar-refractivity contribution in [3.8, 4) is 16.9 Å². The van der Waals surface area contributed by atoms with Gasteiger partial charge < -0.3 is 23.9 Å². The summed E-state index contributed by atoms with van der Waals surface area (Å²) in [5.74, 6) is -0.494.